The van der Waals surface area contributed by atoms with Gasteiger partial charge in [-0.05, 0) is 86.8 Å². The first kappa shape index (κ1) is 45.0. The number of hydrogen-bond donors (Lipinski definition) is 4. The second kappa shape index (κ2) is 17.8. The lowest BCUT2D eigenvalue weighted by atomic mass is 10.0. The highest BCUT2D eigenvalue weighted by molar-refractivity contribution is 7.81. The van der Waals surface area contributed by atoms with Crippen molar-refractivity contribution in [1.82, 2.24) is 15.1 Å². The van der Waals surface area contributed by atoms with Crippen LogP contribution in [0.5, 0.6) is 5.75 Å². The van der Waals surface area contributed by atoms with Crippen molar-refractivity contribution in [3.63, 3.8) is 0 Å². The van der Waals surface area contributed by atoms with Gasteiger partial charge in [0.1, 0.15) is 30.0 Å². The smallest absolute Gasteiger partial charge is 0.417 e. The Kier molecular flexibility index (Phi) is 13.2. The minimum atomic E-state index is -4.83. The van der Waals surface area contributed by atoms with Crippen LogP contribution in [0.25, 0.3) is 0 Å². The Bertz CT molecular complexity index is 2220. The minimum Gasteiger partial charge on any atom is -0.492 e. The third kappa shape index (κ3) is 10.0. The third-order valence-electron chi connectivity index (χ3n) is 10.9. The Labute approximate surface area is 353 Å². The number of amides is 4. The summed E-state index contributed by atoms with van der Waals surface area (Å²) >= 11 is 4.66. The number of nitrogens with one attached hydrogen (secondary N) is 3. The summed E-state index contributed by atoms with van der Waals surface area (Å²) in [5, 5.41) is 17.1. The number of imide groups is 1. The van der Waals surface area contributed by atoms with E-state index in [0.29, 0.717) is 34.8 Å². The number of rotatable bonds is 12. The van der Waals surface area contributed by atoms with Gasteiger partial charge in [-0.2, -0.15) is 31.6 Å². The molecule has 3 N–H and O–H groups in total. The Morgan fingerprint density at radius 1 is 1.00 bits per heavy atom. The van der Waals surface area contributed by atoms with Crippen molar-refractivity contribution in [3.8, 4) is 11.8 Å². The molecule has 0 radical (unpaired) electrons. The molecule has 3 heterocycles. The maximum absolute atomic E-state index is 14.4. The van der Waals surface area contributed by atoms with E-state index in [0.717, 1.165) is 21.9 Å². The molecule has 3 aliphatic heterocycles. The largest absolute Gasteiger partial charge is 0.492 e. The standard InChI is InChI=1S/C41H44F6N8O5S/c1-4-24-18-29(55-38(61)54(37(59)39(55,2)3)28-9-8-25(21-48)30(20-28)40(42,43)44)10-12-32(24)60-17-16-52-14-15-53(33(22-52)41(45,46)47)23-35(57)50-27-7-5-6-26(19-27)49-31-11-13-34(56)51-36(31)58/h5-10,12,18-20,31,33,38,49,61H,4,11,13-17,22-23H2,1-3H3,(H,50,57)(H,51,56,58)/t31?,33-,38+/m0/s1. The van der Waals surface area contributed by atoms with Gasteiger partial charge in [0.25, 0.3) is 5.91 Å². The summed E-state index contributed by atoms with van der Waals surface area (Å²) in [7, 11) is 0. The van der Waals surface area contributed by atoms with Gasteiger partial charge < -0.3 is 20.3 Å². The van der Waals surface area contributed by atoms with Crippen molar-refractivity contribution < 1.29 is 50.3 Å². The molecule has 4 amide bonds. The summed E-state index contributed by atoms with van der Waals surface area (Å²) in [5.74, 6) is -1.55. The lowest BCUT2D eigenvalue weighted by Crippen LogP contribution is -2.60. The number of benzene rings is 3. The predicted molar refractivity (Wildman–Crippen MR) is 217 cm³/mol. The fraction of sp³-hybridized carbons (Fsp3) is 0.439. The lowest BCUT2D eigenvalue weighted by Gasteiger charge is -2.41. The van der Waals surface area contributed by atoms with Gasteiger partial charge >= 0.3 is 12.4 Å². The number of piperazine rings is 1. The molecule has 6 rings (SSSR count). The van der Waals surface area contributed by atoms with Gasteiger partial charge in [0.2, 0.25) is 17.7 Å². The van der Waals surface area contributed by atoms with Crippen LogP contribution in [0.2, 0.25) is 0 Å². The van der Waals surface area contributed by atoms with Crippen LogP contribution < -0.4 is 30.5 Å². The molecular formula is C41H44F6N8O5S. The van der Waals surface area contributed by atoms with Crippen molar-refractivity contribution >= 4 is 59.0 Å². The molecule has 1 unspecified atom stereocenters. The monoisotopic (exact) mass is 874 g/mol. The quantitative estimate of drug-likeness (QED) is 0.100. The summed E-state index contributed by atoms with van der Waals surface area (Å²) in [6.07, 6.45) is -8.54. The van der Waals surface area contributed by atoms with Gasteiger partial charge in [-0.15, -0.1) is 12.6 Å². The van der Waals surface area contributed by atoms with E-state index in [1.54, 1.807) is 66.1 Å². The molecule has 3 saturated heterocycles. The SMILES string of the molecule is CCc1cc(N2[C@H](S)N(c3ccc(C#N)c(C(F)(F)F)c3)C(=O)C2(C)C)ccc1OCCN1CCN(CC(=O)Nc2cccc(NC3CCC(=O)NC3=O)c2)[C@H](C(F)(F)F)C1. The van der Waals surface area contributed by atoms with Crippen molar-refractivity contribution in [2.75, 3.05) is 59.8 Å². The number of nitrogens with zero attached hydrogens (tertiary/aromatic N) is 5. The predicted octanol–water partition coefficient (Wildman–Crippen LogP) is 5.77. The molecule has 3 aromatic carbocycles. The molecule has 0 saturated carbocycles. The Hall–Kier alpha value is -5.52. The number of carbonyl (C=O) groups is 4. The molecule has 0 aliphatic carbocycles. The highest BCUT2D eigenvalue weighted by Crippen LogP contribution is 2.43. The summed E-state index contributed by atoms with van der Waals surface area (Å²) in [4.78, 5) is 55.8. The van der Waals surface area contributed by atoms with E-state index in [9.17, 15) is 50.8 Å². The molecule has 20 heteroatoms. The Balaban J connectivity index is 1.06. The normalized spacial score (nSPS) is 21.3. The van der Waals surface area contributed by atoms with Gasteiger partial charge in [-0.1, -0.05) is 13.0 Å². The van der Waals surface area contributed by atoms with Crippen molar-refractivity contribution in [3.05, 3.63) is 77.4 Å². The van der Waals surface area contributed by atoms with E-state index >= 15 is 0 Å². The van der Waals surface area contributed by atoms with Crippen LogP contribution in [0.1, 0.15) is 50.3 Å². The minimum absolute atomic E-state index is 0.0392. The second-order valence-electron chi connectivity index (χ2n) is 15.4. The number of carbonyl (C=O) groups excluding carboxylic acids is 4. The van der Waals surface area contributed by atoms with Crippen LogP contribution in [0, 0.1) is 11.3 Å². The zero-order valence-electron chi connectivity index (χ0n) is 33.4. The van der Waals surface area contributed by atoms with E-state index in [1.807, 2.05) is 6.92 Å². The lowest BCUT2D eigenvalue weighted by molar-refractivity contribution is -0.197. The van der Waals surface area contributed by atoms with Crippen LogP contribution in [-0.2, 0) is 31.8 Å². The van der Waals surface area contributed by atoms with Gasteiger partial charge in [0, 0.05) is 55.3 Å². The molecule has 3 fully saturated rings. The van der Waals surface area contributed by atoms with Gasteiger partial charge in [0.05, 0.1) is 23.7 Å². The number of thiol groups is 1. The average Bonchev–Trinajstić information content (AvgIpc) is 3.37. The number of aryl methyl sites for hydroxylation is 1. The van der Waals surface area contributed by atoms with Gasteiger partial charge in [-0.25, -0.2) is 0 Å². The third-order valence-corrected chi connectivity index (χ3v) is 11.4. The molecule has 3 atom stereocenters. The fourth-order valence-corrected chi connectivity index (χ4v) is 8.39. The van der Waals surface area contributed by atoms with Crippen molar-refractivity contribution in [2.45, 2.75) is 75.5 Å². The van der Waals surface area contributed by atoms with E-state index < -0.39 is 77.4 Å². The van der Waals surface area contributed by atoms with Gasteiger partial charge in [0.15, 0.2) is 5.50 Å². The molecule has 3 aliphatic rings. The Morgan fingerprint density at radius 3 is 2.39 bits per heavy atom. The molecule has 13 nitrogen and oxygen atoms in total. The topological polar surface area (TPSA) is 150 Å². The average molecular weight is 875 g/mol. The molecule has 61 heavy (non-hydrogen) atoms. The highest BCUT2D eigenvalue weighted by Gasteiger charge is 2.52. The van der Waals surface area contributed by atoms with Crippen LogP contribution in [0.4, 0.5) is 49.1 Å². The highest BCUT2D eigenvalue weighted by atomic mass is 32.1. The number of alkyl halides is 6. The first-order valence-electron chi connectivity index (χ1n) is 19.4. The van der Waals surface area contributed by atoms with E-state index in [-0.39, 0.29) is 50.7 Å². The number of piperidine rings is 1. The zero-order valence-corrected chi connectivity index (χ0v) is 34.3. The molecule has 326 valence electrons. The summed E-state index contributed by atoms with van der Waals surface area (Å²) in [6.45, 7) is 4.57. The zero-order chi connectivity index (χ0) is 44.4. The van der Waals surface area contributed by atoms with E-state index in [2.05, 4.69) is 28.6 Å². The van der Waals surface area contributed by atoms with Crippen molar-refractivity contribution in [2.24, 2.45) is 0 Å². The van der Waals surface area contributed by atoms with Crippen LogP contribution >= 0.6 is 12.6 Å². The van der Waals surface area contributed by atoms with Gasteiger partial charge in [-0.3, -0.25) is 39.2 Å². The maximum Gasteiger partial charge on any atom is 0.417 e. The maximum atomic E-state index is 14.4. The van der Waals surface area contributed by atoms with Crippen LogP contribution in [-0.4, -0.2) is 102 Å². The molecule has 0 spiro atoms. The first-order chi connectivity index (χ1) is 28.7. The Morgan fingerprint density at radius 2 is 1.72 bits per heavy atom. The van der Waals surface area contributed by atoms with Crippen LogP contribution in [0.3, 0.4) is 0 Å². The molecule has 3 aromatic rings. The van der Waals surface area contributed by atoms with E-state index in [1.165, 1.54) is 12.1 Å². The number of ether oxygens (including phenoxy) is 1. The summed E-state index contributed by atoms with van der Waals surface area (Å²) in [6, 6.07) is 13.5. The summed E-state index contributed by atoms with van der Waals surface area (Å²) < 4.78 is 90.5. The molecule has 0 aromatic heterocycles. The van der Waals surface area contributed by atoms with Crippen molar-refractivity contribution in [1.29, 1.82) is 5.26 Å². The van der Waals surface area contributed by atoms with Crippen LogP contribution in [0.15, 0.2) is 60.7 Å². The fourth-order valence-electron chi connectivity index (χ4n) is 7.73. The molecule has 0 bridgehead atoms. The second-order valence-corrected chi connectivity index (χ2v) is 15.9. The molecular weight excluding hydrogens is 831 g/mol. The number of halogens is 6. The number of anilines is 4. The number of hydrogen-bond acceptors (Lipinski definition) is 11. The summed E-state index contributed by atoms with van der Waals surface area (Å²) in [5.41, 5.74) is -2.08. The van der Waals surface area contributed by atoms with E-state index in [4.69, 9.17) is 4.74 Å². The number of nitriles is 1. The first-order valence-corrected chi connectivity index (χ1v) is 19.9.